The maximum atomic E-state index is 8.37. The molecule has 0 bridgehead atoms. The van der Waals surface area contributed by atoms with Crippen LogP contribution in [0.25, 0.3) is 0 Å². The predicted molar refractivity (Wildman–Crippen MR) is 60.2 cm³/mol. The maximum absolute atomic E-state index is 8.37. The molecule has 15 heavy (non-hydrogen) atoms. The highest BCUT2D eigenvalue weighted by molar-refractivity contribution is 4.76. The molecule has 0 radical (unpaired) electrons. The Kier molecular flexibility index (Phi) is 6.38. The minimum Gasteiger partial charge on any atom is -0.381 e. The van der Waals surface area contributed by atoms with Crippen LogP contribution in [0.3, 0.4) is 0 Å². The van der Waals surface area contributed by atoms with E-state index >= 15 is 0 Å². The first kappa shape index (κ1) is 12.5. The monoisotopic (exact) mass is 210 g/mol. The lowest BCUT2D eigenvalue weighted by Gasteiger charge is -2.30. The van der Waals surface area contributed by atoms with Crippen LogP contribution >= 0.6 is 0 Å². The second-order valence-electron chi connectivity index (χ2n) is 4.38. The highest BCUT2D eigenvalue weighted by atomic mass is 16.5. The van der Waals surface area contributed by atoms with Gasteiger partial charge in [0.1, 0.15) is 0 Å². The summed E-state index contributed by atoms with van der Waals surface area (Å²) < 4.78 is 5.60. The standard InChI is InChI=1S/C12H22N2O/c13-7-3-4-8-15-10-12-6-2-1-5-11(12)9-14/h11-12H,1-6,8-10,14H2. The molecule has 3 nitrogen and oxygen atoms in total. The zero-order chi connectivity index (χ0) is 10.9. The molecule has 0 aromatic carbocycles. The molecule has 0 heterocycles. The minimum atomic E-state index is 0.602. The van der Waals surface area contributed by atoms with Crippen molar-refractivity contribution in [3.05, 3.63) is 0 Å². The summed E-state index contributed by atoms with van der Waals surface area (Å²) in [5.74, 6) is 1.32. The summed E-state index contributed by atoms with van der Waals surface area (Å²) in [6, 6.07) is 2.13. The Hall–Kier alpha value is -0.590. The summed E-state index contributed by atoms with van der Waals surface area (Å²) >= 11 is 0. The van der Waals surface area contributed by atoms with Gasteiger partial charge in [-0.2, -0.15) is 5.26 Å². The molecule has 2 atom stereocenters. The van der Waals surface area contributed by atoms with Crippen LogP contribution < -0.4 is 5.73 Å². The third-order valence-corrected chi connectivity index (χ3v) is 3.28. The SMILES string of the molecule is N#CCCCOCC1CCCCC1CN. The summed E-state index contributed by atoms with van der Waals surface area (Å²) in [6.07, 6.45) is 6.64. The van der Waals surface area contributed by atoms with Crippen LogP contribution in [0.5, 0.6) is 0 Å². The number of hydrogen-bond donors (Lipinski definition) is 1. The Bertz CT molecular complexity index is 200. The van der Waals surface area contributed by atoms with Crippen LogP contribution in [0, 0.1) is 23.2 Å². The summed E-state index contributed by atoms with van der Waals surface area (Å²) in [5.41, 5.74) is 5.75. The normalized spacial score (nSPS) is 26.1. The number of unbranched alkanes of at least 4 members (excludes halogenated alkanes) is 1. The molecule has 2 unspecified atom stereocenters. The lowest BCUT2D eigenvalue weighted by atomic mass is 9.80. The quantitative estimate of drug-likeness (QED) is 0.683. The Morgan fingerprint density at radius 2 is 2.00 bits per heavy atom. The molecule has 0 amide bonds. The van der Waals surface area contributed by atoms with Gasteiger partial charge in [0, 0.05) is 19.6 Å². The van der Waals surface area contributed by atoms with Gasteiger partial charge in [-0.25, -0.2) is 0 Å². The van der Waals surface area contributed by atoms with E-state index in [-0.39, 0.29) is 0 Å². The lowest BCUT2D eigenvalue weighted by molar-refractivity contribution is 0.0603. The molecule has 0 aromatic heterocycles. The molecule has 1 fully saturated rings. The fourth-order valence-corrected chi connectivity index (χ4v) is 2.30. The van der Waals surface area contributed by atoms with E-state index in [9.17, 15) is 0 Å². The number of nitrogens with two attached hydrogens (primary N) is 1. The van der Waals surface area contributed by atoms with Crippen LogP contribution in [0.2, 0.25) is 0 Å². The summed E-state index contributed by atoms with van der Waals surface area (Å²) in [6.45, 7) is 2.36. The first-order valence-corrected chi connectivity index (χ1v) is 6.03. The largest absolute Gasteiger partial charge is 0.381 e. The smallest absolute Gasteiger partial charge is 0.0622 e. The van der Waals surface area contributed by atoms with Gasteiger partial charge < -0.3 is 10.5 Å². The second-order valence-corrected chi connectivity index (χ2v) is 4.38. The van der Waals surface area contributed by atoms with Crippen LogP contribution in [-0.2, 0) is 4.74 Å². The lowest BCUT2D eigenvalue weighted by Crippen LogP contribution is -2.30. The molecular weight excluding hydrogens is 188 g/mol. The number of rotatable bonds is 6. The molecule has 1 rings (SSSR count). The number of hydrogen-bond acceptors (Lipinski definition) is 3. The molecule has 3 heteroatoms. The van der Waals surface area contributed by atoms with Gasteiger partial charge in [0.25, 0.3) is 0 Å². The second kappa shape index (κ2) is 7.67. The van der Waals surface area contributed by atoms with Gasteiger partial charge >= 0.3 is 0 Å². The molecule has 0 spiro atoms. The summed E-state index contributed by atoms with van der Waals surface area (Å²) in [7, 11) is 0. The number of nitriles is 1. The minimum absolute atomic E-state index is 0.602. The zero-order valence-electron chi connectivity index (χ0n) is 9.45. The first-order chi connectivity index (χ1) is 7.38. The van der Waals surface area contributed by atoms with Crippen LogP contribution in [0.15, 0.2) is 0 Å². The average Bonchev–Trinajstić information content (AvgIpc) is 2.29. The Morgan fingerprint density at radius 1 is 1.27 bits per heavy atom. The first-order valence-electron chi connectivity index (χ1n) is 6.03. The van der Waals surface area contributed by atoms with Crippen LogP contribution in [0.4, 0.5) is 0 Å². The van der Waals surface area contributed by atoms with E-state index in [2.05, 4.69) is 6.07 Å². The van der Waals surface area contributed by atoms with E-state index in [1.165, 1.54) is 25.7 Å². The molecule has 0 aliphatic heterocycles. The summed E-state index contributed by atoms with van der Waals surface area (Å²) in [4.78, 5) is 0. The van der Waals surface area contributed by atoms with Crippen molar-refractivity contribution in [3.63, 3.8) is 0 Å². The van der Waals surface area contributed by atoms with Gasteiger partial charge in [-0.1, -0.05) is 12.8 Å². The van der Waals surface area contributed by atoms with Crippen molar-refractivity contribution in [1.29, 1.82) is 5.26 Å². The number of nitrogens with zero attached hydrogens (tertiary/aromatic N) is 1. The van der Waals surface area contributed by atoms with Gasteiger partial charge in [0.15, 0.2) is 0 Å². The van der Waals surface area contributed by atoms with E-state index < -0.39 is 0 Å². The Labute approximate surface area is 92.6 Å². The summed E-state index contributed by atoms with van der Waals surface area (Å²) in [5, 5.41) is 8.37. The molecular formula is C12H22N2O. The van der Waals surface area contributed by atoms with E-state index in [4.69, 9.17) is 15.7 Å². The van der Waals surface area contributed by atoms with Crippen LogP contribution in [-0.4, -0.2) is 19.8 Å². The van der Waals surface area contributed by atoms with Crippen molar-refractivity contribution >= 4 is 0 Å². The Balaban J connectivity index is 2.10. The highest BCUT2D eigenvalue weighted by Crippen LogP contribution is 2.29. The third-order valence-electron chi connectivity index (χ3n) is 3.28. The van der Waals surface area contributed by atoms with Gasteiger partial charge in [-0.15, -0.1) is 0 Å². The van der Waals surface area contributed by atoms with Crippen molar-refractivity contribution in [2.75, 3.05) is 19.8 Å². The molecule has 0 aromatic rings. The molecule has 1 aliphatic carbocycles. The average molecular weight is 210 g/mol. The molecule has 2 N–H and O–H groups in total. The van der Waals surface area contributed by atoms with Crippen molar-refractivity contribution in [2.45, 2.75) is 38.5 Å². The van der Waals surface area contributed by atoms with Gasteiger partial charge in [0.05, 0.1) is 6.07 Å². The fourth-order valence-electron chi connectivity index (χ4n) is 2.30. The fraction of sp³-hybridized carbons (Fsp3) is 0.917. The molecule has 1 saturated carbocycles. The van der Waals surface area contributed by atoms with E-state index in [1.807, 2.05) is 0 Å². The zero-order valence-corrected chi connectivity index (χ0v) is 9.45. The van der Waals surface area contributed by atoms with Crippen molar-refractivity contribution < 1.29 is 4.74 Å². The van der Waals surface area contributed by atoms with Gasteiger partial charge in [-0.3, -0.25) is 0 Å². The van der Waals surface area contributed by atoms with E-state index in [1.54, 1.807) is 0 Å². The van der Waals surface area contributed by atoms with Crippen LogP contribution in [0.1, 0.15) is 38.5 Å². The highest BCUT2D eigenvalue weighted by Gasteiger charge is 2.23. The molecule has 0 saturated heterocycles. The molecule has 1 aliphatic rings. The van der Waals surface area contributed by atoms with E-state index in [0.29, 0.717) is 18.3 Å². The molecule has 86 valence electrons. The predicted octanol–water partition coefficient (Wildman–Crippen LogP) is 2.07. The van der Waals surface area contributed by atoms with Crippen molar-refractivity contribution in [1.82, 2.24) is 0 Å². The van der Waals surface area contributed by atoms with Crippen molar-refractivity contribution in [2.24, 2.45) is 17.6 Å². The number of ether oxygens (including phenoxy) is 1. The Morgan fingerprint density at radius 3 is 2.67 bits per heavy atom. The van der Waals surface area contributed by atoms with Gasteiger partial charge in [0.2, 0.25) is 0 Å². The topological polar surface area (TPSA) is 59.0 Å². The third kappa shape index (κ3) is 4.63. The van der Waals surface area contributed by atoms with Gasteiger partial charge in [-0.05, 0) is 37.6 Å². The van der Waals surface area contributed by atoms with E-state index in [0.717, 1.165) is 26.2 Å². The maximum Gasteiger partial charge on any atom is 0.0622 e. The van der Waals surface area contributed by atoms with Crippen molar-refractivity contribution in [3.8, 4) is 6.07 Å².